The highest BCUT2D eigenvalue weighted by Crippen LogP contribution is 2.20. The van der Waals surface area contributed by atoms with Gasteiger partial charge in [-0.05, 0) is 22.9 Å². The van der Waals surface area contributed by atoms with Crippen LogP contribution in [0.3, 0.4) is 0 Å². The summed E-state index contributed by atoms with van der Waals surface area (Å²) in [5.74, 6) is -0.158. The fraction of sp³-hybridized carbons (Fsp3) is 0.375. The van der Waals surface area contributed by atoms with Crippen molar-refractivity contribution in [2.45, 2.75) is 13.0 Å². The van der Waals surface area contributed by atoms with Gasteiger partial charge in [-0.25, -0.2) is 0 Å². The first-order valence-corrected chi connectivity index (χ1v) is 5.53. The third-order valence-corrected chi connectivity index (χ3v) is 3.12. The van der Waals surface area contributed by atoms with Crippen molar-refractivity contribution in [1.82, 2.24) is 5.32 Å². The first kappa shape index (κ1) is 10.7. The first-order valence-electron chi connectivity index (χ1n) is 3.79. The minimum Gasteiger partial charge on any atom is -0.392 e. The summed E-state index contributed by atoms with van der Waals surface area (Å²) in [7, 11) is 0. The minimum absolute atomic E-state index is 0.158. The summed E-state index contributed by atoms with van der Waals surface area (Å²) in [6.45, 7) is 1.91. The van der Waals surface area contributed by atoms with Crippen molar-refractivity contribution in [1.29, 1.82) is 0 Å². The number of rotatable bonds is 3. The Hall–Kier alpha value is -0.390. The molecular weight excluding hydrogens is 254 g/mol. The summed E-state index contributed by atoms with van der Waals surface area (Å²) in [6.07, 6.45) is -0.513. The van der Waals surface area contributed by atoms with Crippen LogP contribution in [0.25, 0.3) is 0 Å². The van der Waals surface area contributed by atoms with Gasteiger partial charge in [-0.2, -0.15) is 11.3 Å². The quantitative estimate of drug-likeness (QED) is 0.871. The summed E-state index contributed by atoms with van der Waals surface area (Å²) in [4.78, 5) is 11.4. The normalized spacial score (nSPS) is 12.5. The number of aliphatic hydroxyl groups is 1. The Kier molecular flexibility index (Phi) is 3.90. The molecule has 5 heteroatoms. The molecule has 1 aromatic heterocycles. The third-order valence-electron chi connectivity index (χ3n) is 1.42. The molecule has 1 rings (SSSR count). The molecule has 0 aromatic carbocycles. The SMILES string of the molecule is C[C@H](O)CNC(=O)c1cscc1Br. The van der Waals surface area contributed by atoms with Gasteiger partial charge in [0.1, 0.15) is 0 Å². The number of aliphatic hydroxyl groups excluding tert-OH is 1. The summed E-state index contributed by atoms with van der Waals surface area (Å²) in [5, 5.41) is 15.2. The molecule has 2 N–H and O–H groups in total. The van der Waals surface area contributed by atoms with Crippen LogP contribution in [-0.2, 0) is 0 Å². The van der Waals surface area contributed by atoms with Crippen LogP contribution in [0.5, 0.6) is 0 Å². The van der Waals surface area contributed by atoms with Gasteiger partial charge < -0.3 is 10.4 Å². The first-order chi connectivity index (χ1) is 6.11. The molecule has 3 nitrogen and oxygen atoms in total. The summed E-state index contributed by atoms with van der Waals surface area (Å²) >= 11 is 4.72. The molecule has 1 atom stereocenters. The summed E-state index contributed by atoms with van der Waals surface area (Å²) in [5.41, 5.74) is 0.616. The second-order valence-corrected chi connectivity index (χ2v) is 4.29. The Morgan fingerprint density at radius 1 is 1.77 bits per heavy atom. The lowest BCUT2D eigenvalue weighted by Crippen LogP contribution is -2.30. The molecule has 0 unspecified atom stereocenters. The van der Waals surface area contributed by atoms with Crippen molar-refractivity contribution in [3.63, 3.8) is 0 Å². The van der Waals surface area contributed by atoms with Crippen LogP contribution >= 0.6 is 27.3 Å². The van der Waals surface area contributed by atoms with E-state index >= 15 is 0 Å². The zero-order valence-corrected chi connectivity index (χ0v) is 9.48. The van der Waals surface area contributed by atoms with Crippen molar-refractivity contribution in [2.75, 3.05) is 6.54 Å². The molecular formula is C8H10BrNO2S. The van der Waals surface area contributed by atoms with Gasteiger partial charge in [0.05, 0.1) is 11.7 Å². The second-order valence-electron chi connectivity index (χ2n) is 2.69. The molecule has 0 saturated heterocycles. The van der Waals surface area contributed by atoms with Gasteiger partial charge in [0.2, 0.25) is 0 Å². The van der Waals surface area contributed by atoms with Crippen molar-refractivity contribution < 1.29 is 9.90 Å². The molecule has 1 heterocycles. The zero-order chi connectivity index (χ0) is 9.84. The number of nitrogens with one attached hydrogen (secondary N) is 1. The largest absolute Gasteiger partial charge is 0.392 e. The van der Waals surface area contributed by atoms with Gasteiger partial charge in [-0.15, -0.1) is 0 Å². The molecule has 13 heavy (non-hydrogen) atoms. The molecule has 1 amide bonds. The van der Waals surface area contributed by atoms with E-state index in [1.807, 2.05) is 5.38 Å². The van der Waals surface area contributed by atoms with Crippen LogP contribution in [0.2, 0.25) is 0 Å². The number of hydrogen-bond acceptors (Lipinski definition) is 3. The fourth-order valence-corrected chi connectivity index (χ4v) is 2.23. The maximum Gasteiger partial charge on any atom is 0.253 e. The maximum atomic E-state index is 11.4. The van der Waals surface area contributed by atoms with E-state index in [1.54, 1.807) is 12.3 Å². The van der Waals surface area contributed by atoms with E-state index in [4.69, 9.17) is 5.11 Å². The van der Waals surface area contributed by atoms with E-state index in [0.29, 0.717) is 5.56 Å². The monoisotopic (exact) mass is 263 g/mol. The van der Waals surface area contributed by atoms with E-state index in [-0.39, 0.29) is 12.5 Å². The summed E-state index contributed by atoms with van der Waals surface area (Å²) < 4.78 is 0.792. The lowest BCUT2D eigenvalue weighted by Gasteiger charge is -2.05. The Morgan fingerprint density at radius 3 is 2.92 bits per heavy atom. The van der Waals surface area contributed by atoms with Crippen molar-refractivity contribution >= 4 is 33.2 Å². The van der Waals surface area contributed by atoms with Crippen LogP contribution in [0.1, 0.15) is 17.3 Å². The predicted molar refractivity (Wildman–Crippen MR) is 56.0 cm³/mol. The average Bonchev–Trinajstić information content (AvgIpc) is 2.47. The molecule has 72 valence electrons. The molecule has 0 bridgehead atoms. The van der Waals surface area contributed by atoms with Gasteiger partial charge in [-0.3, -0.25) is 4.79 Å². The van der Waals surface area contributed by atoms with Gasteiger partial charge in [0.15, 0.2) is 0 Å². The van der Waals surface area contributed by atoms with Gasteiger partial charge in [0.25, 0.3) is 5.91 Å². The number of hydrogen-bond donors (Lipinski definition) is 2. The Balaban J connectivity index is 2.54. The minimum atomic E-state index is -0.513. The highest BCUT2D eigenvalue weighted by Gasteiger charge is 2.10. The molecule has 0 fully saturated rings. The number of halogens is 1. The zero-order valence-electron chi connectivity index (χ0n) is 7.08. The van der Waals surface area contributed by atoms with E-state index < -0.39 is 6.10 Å². The average molecular weight is 264 g/mol. The number of carbonyl (C=O) groups is 1. The molecule has 0 spiro atoms. The van der Waals surface area contributed by atoms with Crippen LogP contribution in [0.15, 0.2) is 15.2 Å². The number of carbonyl (C=O) groups excluding carboxylic acids is 1. The smallest absolute Gasteiger partial charge is 0.253 e. The standard InChI is InChI=1S/C8H10BrNO2S/c1-5(11)2-10-8(12)6-3-13-4-7(6)9/h3-5,11H,2H2,1H3,(H,10,12)/t5-/m0/s1. The maximum absolute atomic E-state index is 11.4. The van der Waals surface area contributed by atoms with Crippen molar-refractivity contribution in [3.8, 4) is 0 Å². The Labute approximate surface area is 88.9 Å². The highest BCUT2D eigenvalue weighted by molar-refractivity contribution is 9.10. The molecule has 0 aliphatic heterocycles. The topological polar surface area (TPSA) is 49.3 Å². The van der Waals surface area contributed by atoms with E-state index in [2.05, 4.69) is 21.2 Å². The third kappa shape index (κ3) is 3.10. The van der Waals surface area contributed by atoms with E-state index in [9.17, 15) is 4.79 Å². The van der Waals surface area contributed by atoms with Gasteiger partial charge in [-0.1, -0.05) is 0 Å². The Bertz CT molecular complexity index is 298. The van der Waals surface area contributed by atoms with Gasteiger partial charge >= 0.3 is 0 Å². The predicted octanol–water partition coefficient (Wildman–Crippen LogP) is 1.62. The van der Waals surface area contributed by atoms with Crippen molar-refractivity contribution in [3.05, 3.63) is 20.8 Å². The van der Waals surface area contributed by atoms with Crippen molar-refractivity contribution in [2.24, 2.45) is 0 Å². The highest BCUT2D eigenvalue weighted by atomic mass is 79.9. The molecule has 1 aromatic rings. The Morgan fingerprint density at radius 2 is 2.46 bits per heavy atom. The molecule has 0 aliphatic rings. The van der Waals surface area contributed by atoms with Crippen LogP contribution in [0.4, 0.5) is 0 Å². The lowest BCUT2D eigenvalue weighted by molar-refractivity contribution is 0.0924. The van der Waals surface area contributed by atoms with Crippen LogP contribution in [0, 0.1) is 0 Å². The van der Waals surface area contributed by atoms with E-state index in [0.717, 1.165) is 4.47 Å². The lowest BCUT2D eigenvalue weighted by atomic mass is 10.3. The number of amides is 1. The second kappa shape index (κ2) is 4.74. The fourth-order valence-electron chi connectivity index (χ4n) is 0.779. The van der Waals surface area contributed by atoms with Gasteiger partial charge in [0, 0.05) is 21.8 Å². The molecule has 0 saturated carbocycles. The van der Waals surface area contributed by atoms with E-state index in [1.165, 1.54) is 11.3 Å². The summed E-state index contributed by atoms with van der Waals surface area (Å²) in [6, 6.07) is 0. The molecule has 0 radical (unpaired) electrons. The molecule has 0 aliphatic carbocycles. The van der Waals surface area contributed by atoms with Crippen LogP contribution in [-0.4, -0.2) is 23.7 Å². The number of thiophene rings is 1. The van der Waals surface area contributed by atoms with Crippen LogP contribution < -0.4 is 5.32 Å².